The smallest absolute Gasteiger partial charge is 0.328 e. The number of allylic oxidation sites excluding steroid dienone is 1. The van der Waals surface area contributed by atoms with E-state index >= 15 is 0 Å². The van der Waals surface area contributed by atoms with Gasteiger partial charge in [-0.2, -0.15) is 13.2 Å². The van der Waals surface area contributed by atoms with Gasteiger partial charge >= 0.3 is 6.18 Å². The van der Waals surface area contributed by atoms with Crippen LogP contribution in [0.25, 0.3) is 0 Å². The zero-order valence-corrected chi connectivity index (χ0v) is 6.90. The van der Waals surface area contributed by atoms with E-state index in [0.29, 0.717) is 12.8 Å². The highest BCUT2D eigenvalue weighted by Crippen LogP contribution is 2.22. The molecule has 0 amide bonds. The number of nitrogens with two attached hydrogens (primary N) is 1. The van der Waals surface area contributed by atoms with E-state index in [1.165, 1.54) is 0 Å². The Hall–Kier alpha value is -0.510. The second-order valence-electron chi connectivity index (χ2n) is 2.78. The summed E-state index contributed by atoms with van der Waals surface area (Å²) in [5.41, 5.74) is 5.42. The summed E-state index contributed by atoms with van der Waals surface area (Å²) in [4.78, 5) is 0. The molecule has 0 fully saturated rings. The summed E-state index contributed by atoms with van der Waals surface area (Å²) < 4.78 is 35.0. The lowest BCUT2D eigenvalue weighted by Gasteiger charge is -2.11. The maximum Gasteiger partial charge on any atom is 0.389 e. The van der Waals surface area contributed by atoms with E-state index in [0.717, 1.165) is 0 Å². The zero-order valence-electron chi connectivity index (χ0n) is 6.90. The normalized spacial score (nSPS) is 14.3. The highest BCUT2D eigenvalue weighted by Gasteiger charge is 2.27. The molecular weight excluding hydrogens is 167 g/mol. The van der Waals surface area contributed by atoms with Crippen molar-refractivity contribution >= 4 is 0 Å². The first-order valence-corrected chi connectivity index (χ1v) is 3.89. The van der Waals surface area contributed by atoms with Crippen molar-refractivity contribution in [3.05, 3.63) is 12.7 Å². The average Bonchev–Trinajstić information content (AvgIpc) is 1.95. The van der Waals surface area contributed by atoms with Crippen molar-refractivity contribution in [2.75, 3.05) is 0 Å². The third-order valence-corrected chi connectivity index (χ3v) is 1.54. The van der Waals surface area contributed by atoms with Crippen LogP contribution in [-0.4, -0.2) is 12.2 Å². The van der Waals surface area contributed by atoms with E-state index in [4.69, 9.17) is 5.73 Å². The van der Waals surface area contributed by atoms with Gasteiger partial charge in [0.15, 0.2) is 0 Å². The van der Waals surface area contributed by atoms with E-state index in [-0.39, 0.29) is 12.5 Å². The highest BCUT2D eigenvalue weighted by atomic mass is 19.4. The van der Waals surface area contributed by atoms with E-state index in [2.05, 4.69) is 6.58 Å². The molecule has 0 aromatic rings. The number of hydrogen-bond donors (Lipinski definition) is 1. The summed E-state index contributed by atoms with van der Waals surface area (Å²) >= 11 is 0. The molecular formula is C8H14F3N. The van der Waals surface area contributed by atoms with E-state index < -0.39 is 12.6 Å². The molecule has 0 rings (SSSR count). The minimum atomic E-state index is -4.08. The predicted octanol–water partition coefficient (Wildman–Crippen LogP) is 2.62. The van der Waals surface area contributed by atoms with Crippen molar-refractivity contribution in [3.63, 3.8) is 0 Å². The zero-order chi connectivity index (χ0) is 9.61. The third-order valence-electron chi connectivity index (χ3n) is 1.54. The second kappa shape index (κ2) is 5.19. The molecule has 2 N–H and O–H groups in total. The van der Waals surface area contributed by atoms with Crippen LogP contribution in [0.1, 0.15) is 25.7 Å². The maximum absolute atomic E-state index is 11.7. The number of rotatable bonds is 5. The molecule has 0 radical (unpaired) electrons. The third kappa shape index (κ3) is 7.60. The summed E-state index contributed by atoms with van der Waals surface area (Å²) in [7, 11) is 0. The van der Waals surface area contributed by atoms with Gasteiger partial charge in [-0.25, -0.2) is 0 Å². The molecule has 72 valence electrons. The Morgan fingerprint density at radius 3 is 2.33 bits per heavy atom. The van der Waals surface area contributed by atoms with Gasteiger partial charge in [0.25, 0.3) is 0 Å². The van der Waals surface area contributed by atoms with Crippen LogP contribution in [0.5, 0.6) is 0 Å². The minimum Gasteiger partial charge on any atom is -0.328 e. The number of alkyl halides is 3. The lowest BCUT2D eigenvalue weighted by Crippen LogP contribution is -2.22. The molecule has 1 unspecified atom stereocenters. The summed E-state index contributed by atoms with van der Waals surface area (Å²) in [5, 5.41) is 0. The molecule has 1 nitrogen and oxygen atoms in total. The van der Waals surface area contributed by atoms with E-state index in [1.807, 2.05) is 0 Å². The first-order chi connectivity index (χ1) is 5.45. The number of halogens is 3. The Morgan fingerprint density at radius 1 is 1.33 bits per heavy atom. The van der Waals surface area contributed by atoms with Crippen LogP contribution in [0, 0.1) is 0 Å². The van der Waals surface area contributed by atoms with Crippen molar-refractivity contribution in [1.29, 1.82) is 0 Å². The minimum absolute atomic E-state index is 0.0112. The largest absolute Gasteiger partial charge is 0.389 e. The fraction of sp³-hybridized carbons (Fsp3) is 0.750. The van der Waals surface area contributed by atoms with Crippen LogP contribution in [-0.2, 0) is 0 Å². The van der Waals surface area contributed by atoms with Crippen molar-refractivity contribution in [3.8, 4) is 0 Å². The second-order valence-corrected chi connectivity index (χ2v) is 2.78. The summed E-state index contributed by atoms with van der Waals surface area (Å²) in [6, 6.07) is -0.357. The average molecular weight is 181 g/mol. The summed E-state index contributed by atoms with van der Waals surface area (Å²) in [6.07, 6.45) is -1.93. The Morgan fingerprint density at radius 2 is 1.92 bits per heavy atom. The van der Waals surface area contributed by atoms with Crippen molar-refractivity contribution in [1.82, 2.24) is 0 Å². The van der Waals surface area contributed by atoms with Crippen LogP contribution >= 0.6 is 0 Å². The molecule has 0 bridgehead atoms. The molecule has 0 saturated carbocycles. The van der Waals surface area contributed by atoms with Gasteiger partial charge in [0, 0.05) is 12.5 Å². The SMILES string of the molecule is C=CCCC(N)CCC(F)(F)F. The molecule has 0 aliphatic carbocycles. The number of hydrogen-bond acceptors (Lipinski definition) is 1. The quantitative estimate of drug-likeness (QED) is 0.648. The Labute approximate surface area is 70.4 Å². The lowest BCUT2D eigenvalue weighted by molar-refractivity contribution is -0.136. The Balaban J connectivity index is 3.43. The standard InChI is InChI=1S/C8H14F3N/c1-2-3-4-7(12)5-6-8(9,10)11/h2,7H,1,3-6,12H2. The van der Waals surface area contributed by atoms with Gasteiger partial charge in [-0.1, -0.05) is 6.08 Å². The molecule has 0 heterocycles. The highest BCUT2D eigenvalue weighted by molar-refractivity contribution is 4.72. The summed E-state index contributed by atoms with van der Waals surface area (Å²) in [5.74, 6) is 0. The Bertz CT molecular complexity index is 131. The molecule has 0 aliphatic heterocycles. The molecule has 0 aliphatic rings. The van der Waals surface area contributed by atoms with Crippen LogP contribution in [0.2, 0.25) is 0 Å². The predicted molar refractivity (Wildman–Crippen MR) is 42.7 cm³/mol. The maximum atomic E-state index is 11.7. The molecule has 4 heteroatoms. The van der Waals surface area contributed by atoms with Gasteiger partial charge in [0.1, 0.15) is 0 Å². The van der Waals surface area contributed by atoms with Crippen molar-refractivity contribution in [2.24, 2.45) is 5.73 Å². The topological polar surface area (TPSA) is 26.0 Å². The lowest BCUT2D eigenvalue weighted by atomic mass is 10.1. The first-order valence-electron chi connectivity index (χ1n) is 3.89. The van der Waals surface area contributed by atoms with Gasteiger partial charge in [0.2, 0.25) is 0 Å². The first kappa shape index (κ1) is 11.5. The van der Waals surface area contributed by atoms with E-state index in [1.54, 1.807) is 6.08 Å². The molecule has 1 atom stereocenters. The summed E-state index contributed by atoms with van der Waals surface area (Å²) in [6.45, 7) is 3.46. The fourth-order valence-corrected chi connectivity index (χ4v) is 0.825. The molecule has 0 spiro atoms. The van der Waals surface area contributed by atoms with Gasteiger partial charge in [-0.15, -0.1) is 6.58 Å². The van der Waals surface area contributed by atoms with E-state index in [9.17, 15) is 13.2 Å². The van der Waals surface area contributed by atoms with Crippen molar-refractivity contribution in [2.45, 2.75) is 37.9 Å². The van der Waals surface area contributed by atoms with Gasteiger partial charge in [-0.05, 0) is 19.3 Å². The molecule has 0 aromatic carbocycles. The van der Waals surface area contributed by atoms with Gasteiger partial charge in [-0.3, -0.25) is 0 Å². The molecule has 0 aromatic heterocycles. The van der Waals surface area contributed by atoms with Crippen LogP contribution in [0.4, 0.5) is 13.2 Å². The fourth-order valence-electron chi connectivity index (χ4n) is 0.825. The van der Waals surface area contributed by atoms with Crippen LogP contribution < -0.4 is 5.73 Å². The monoisotopic (exact) mass is 181 g/mol. The molecule has 12 heavy (non-hydrogen) atoms. The van der Waals surface area contributed by atoms with Crippen LogP contribution in [0.3, 0.4) is 0 Å². The van der Waals surface area contributed by atoms with Gasteiger partial charge in [0.05, 0.1) is 0 Å². The van der Waals surface area contributed by atoms with Crippen LogP contribution in [0.15, 0.2) is 12.7 Å². The van der Waals surface area contributed by atoms with Gasteiger partial charge < -0.3 is 5.73 Å². The Kier molecular flexibility index (Phi) is 4.97. The van der Waals surface area contributed by atoms with Crippen molar-refractivity contribution < 1.29 is 13.2 Å². The molecule has 0 saturated heterocycles.